The van der Waals surface area contributed by atoms with Crippen LogP contribution in [0.2, 0.25) is 0 Å². The van der Waals surface area contributed by atoms with Crippen LogP contribution in [0.4, 0.5) is 5.69 Å². The van der Waals surface area contributed by atoms with Gasteiger partial charge in [-0.05, 0) is 0 Å². The summed E-state index contributed by atoms with van der Waals surface area (Å²) in [5, 5.41) is 0. The third-order valence-electron chi connectivity index (χ3n) is 2.51. The van der Waals surface area contributed by atoms with E-state index in [1.807, 2.05) is 6.07 Å². The van der Waals surface area contributed by atoms with Crippen molar-refractivity contribution in [3.05, 3.63) is 30.3 Å². The first-order valence-electron chi connectivity index (χ1n) is 6.53. The summed E-state index contributed by atoms with van der Waals surface area (Å²) >= 11 is 2.09. The first-order chi connectivity index (χ1) is 8.11. The Labute approximate surface area is 121 Å². The average molecular weight is 238 g/mol. The van der Waals surface area contributed by atoms with Crippen LogP contribution in [0.1, 0.15) is 41.5 Å². The van der Waals surface area contributed by atoms with Crippen LogP contribution in [-0.2, 0) is 0 Å². The molecule has 0 aliphatic carbocycles. The van der Waals surface area contributed by atoms with Crippen LogP contribution in [0.25, 0.3) is 0 Å². The van der Waals surface area contributed by atoms with Gasteiger partial charge in [-0.3, -0.25) is 0 Å². The minimum absolute atomic E-state index is 0.0141. The van der Waals surface area contributed by atoms with Gasteiger partial charge in [-0.2, -0.15) is 0 Å². The van der Waals surface area contributed by atoms with E-state index < -0.39 is 0 Å². The zero-order valence-corrected chi connectivity index (χ0v) is 12.8. The van der Waals surface area contributed by atoms with E-state index in [9.17, 15) is 0 Å². The molecule has 0 atom stereocenters. The monoisotopic (exact) mass is 238 g/mol. The van der Waals surface area contributed by atoms with E-state index >= 15 is 0 Å². The van der Waals surface area contributed by atoms with E-state index in [2.05, 4.69) is 88.4 Å². The van der Waals surface area contributed by atoms with Crippen LogP contribution in [0.3, 0.4) is 0 Å². The standard InChI is InChI=1S/C15H23N2.Li/c1-14(2,3)16-12-17(15(4,5)6)13-10-8-7-9-11-13;/h7-11H,1-6H3;. The molecule has 2 nitrogen and oxygen atoms in total. The topological polar surface area (TPSA) is 15.6 Å². The van der Waals surface area contributed by atoms with Crippen LogP contribution in [0.15, 0.2) is 35.3 Å². The van der Waals surface area contributed by atoms with Gasteiger partial charge in [0.05, 0.1) is 0 Å². The molecular weight excluding hydrogens is 215 g/mol. The Kier molecular flexibility index (Phi) is 4.70. The summed E-state index contributed by atoms with van der Waals surface area (Å²) in [5.41, 5.74) is 1.15. The minimum atomic E-state index is -0.0532. The van der Waals surface area contributed by atoms with Gasteiger partial charge in [-0.1, -0.05) is 0 Å². The van der Waals surface area contributed by atoms with Crippen molar-refractivity contribution in [2.24, 2.45) is 4.99 Å². The molecular formula is C15H23LiN2. The molecule has 0 aromatic heterocycles. The van der Waals surface area contributed by atoms with E-state index in [1.54, 1.807) is 0 Å². The first-order valence-corrected chi connectivity index (χ1v) is 6.53. The summed E-state index contributed by atoms with van der Waals surface area (Å²) in [5.74, 6) is 0. The van der Waals surface area contributed by atoms with Gasteiger partial charge in [0, 0.05) is 0 Å². The molecule has 0 radical (unpaired) electrons. The van der Waals surface area contributed by atoms with Gasteiger partial charge >= 0.3 is 121 Å². The molecule has 0 unspecified atom stereocenters. The fourth-order valence-corrected chi connectivity index (χ4v) is 2.17. The molecule has 1 aromatic rings. The van der Waals surface area contributed by atoms with Crippen LogP contribution < -0.4 is 4.90 Å². The van der Waals surface area contributed by atoms with Gasteiger partial charge in [-0.15, -0.1) is 0 Å². The second-order valence-corrected chi connectivity index (χ2v) is 6.67. The van der Waals surface area contributed by atoms with E-state index in [0.29, 0.717) is 0 Å². The fraction of sp³-hybridized carbons (Fsp3) is 0.533. The number of aliphatic imine (C=N–C) groups is 1. The number of benzene rings is 1. The average Bonchev–Trinajstić information content (AvgIpc) is 2.13. The van der Waals surface area contributed by atoms with Crippen LogP contribution >= 0.6 is 0 Å². The van der Waals surface area contributed by atoms with Gasteiger partial charge in [0.15, 0.2) is 0 Å². The number of hydrogen-bond donors (Lipinski definition) is 0. The van der Waals surface area contributed by atoms with Crippen molar-refractivity contribution in [1.29, 1.82) is 0 Å². The molecule has 1 aromatic carbocycles. The van der Waals surface area contributed by atoms with Crippen LogP contribution in [0, 0.1) is 0 Å². The summed E-state index contributed by atoms with van der Waals surface area (Å²) < 4.78 is 1.06. The van der Waals surface area contributed by atoms with Gasteiger partial charge in [0.2, 0.25) is 0 Å². The molecule has 0 saturated heterocycles. The Balaban J connectivity index is 3.21. The van der Waals surface area contributed by atoms with E-state index in [4.69, 9.17) is 4.99 Å². The van der Waals surface area contributed by atoms with E-state index in [-0.39, 0.29) is 11.1 Å². The Morgan fingerprint density at radius 2 is 1.50 bits per heavy atom. The molecule has 18 heavy (non-hydrogen) atoms. The van der Waals surface area contributed by atoms with Crippen LogP contribution in [-0.4, -0.2) is 33.3 Å². The molecule has 0 N–H and O–H groups in total. The Morgan fingerprint density at radius 3 is 1.89 bits per heavy atom. The van der Waals surface area contributed by atoms with Gasteiger partial charge in [-0.25, -0.2) is 0 Å². The molecule has 1 rings (SSSR count). The summed E-state index contributed by atoms with van der Waals surface area (Å²) in [7, 11) is 0. The summed E-state index contributed by atoms with van der Waals surface area (Å²) in [6.07, 6.45) is 0. The van der Waals surface area contributed by atoms with Crippen molar-refractivity contribution in [2.75, 3.05) is 4.90 Å². The zero-order valence-electron chi connectivity index (χ0n) is 12.8. The zero-order chi connectivity index (χ0) is 14.0. The molecule has 3 heteroatoms. The van der Waals surface area contributed by atoms with Gasteiger partial charge < -0.3 is 0 Å². The molecule has 94 valence electrons. The molecule has 0 aliphatic rings. The SMILES string of the molecule is [Li][C](=NC(C)(C)C)N(c1ccccc1)C(C)(C)C. The second kappa shape index (κ2) is 5.51. The van der Waals surface area contributed by atoms with Gasteiger partial charge in [0.1, 0.15) is 0 Å². The Hall–Kier alpha value is -0.713. The summed E-state index contributed by atoms with van der Waals surface area (Å²) in [6, 6.07) is 10.4. The molecule has 0 bridgehead atoms. The van der Waals surface area contributed by atoms with Crippen molar-refractivity contribution in [2.45, 2.75) is 52.6 Å². The molecule has 0 aliphatic heterocycles. The number of amidine groups is 1. The molecule has 0 saturated carbocycles. The number of para-hydroxylation sites is 1. The quantitative estimate of drug-likeness (QED) is 0.414. The third kappa shape index (κ3) is 4.52. The number of hydrogen-bond acceptors (Lipinski definition) is 1. The summed E-state index contributed by atoms with van der Waals surface area (Å²) in [4.78, 5) is 7.08. The summed E-state index contributed by atoms with van der Waals surface area (Å²) in [6.45, 7) is 13.0. The number of anilines is 1. The molecule has 0 spiro atoms. The van der Waals surface area contributed by atoms with Crippen molar-refractivity contribution in [3.8, 4) is 0 Å². The second-order valence-electron chi connectivity index (χ2n) is 6.67. The van der Waals surface area contributed by atoms with Crippen molar-refractivity contribution in [1.82, 2.24) is 0 Å². The Bertz CT molecular complexity index is 410. The van der Waals surface area contributed by atoms with Crippen molar-refractivity contribution >= 4 is 27.9 Å². The third-order valence-corrected chi connectivity index (χ3v) is 2.51. The maximum atomic E-state index is 4.80. The predicted octanol–water partition coefficient (Wildman–Crippen LogP) is 3.61. The van der Waals surface area contributed by atoms with E-state index in [0.717, 1.165) is 4.51 Å². The number of rotatable bonds is 1. The van der Waals surface area contributed by atoms with E-state index in [1.165, 1.54) is 5.69 Å². The molecule has 0 heterocycles. The fourth-order valence-electron chi connectivity index (χ4n) is 2.17. The van der Waals surface area contributed by atoms with Crippen molar-refractivity contribution < 1.29 is 0 Å². The molecule has 0 amide bonds. The first kappa shape index (κ1) is 15.3. The van der Waals surface area contributed by atoms with Crippen LogP contribution in [0.5, 0.6) is 0 Å². The normalized spacial score (nSPS) is 13.7. The number of nitrogens with zero attached hydrogens (tertiary/aromatic N) is 2. The maximum absolute atomic E-state index is 4.80. The van der Waals surface area contributed by atoms with Crippen molar-refractivity contribution in [3.63, 3.8) is 0 Å². The van der Waals surface area contributed by atoms with Gasteiger partial charge in [0.25, 0.3) is 0 Å². The predicted molar refractivity (Wildman–Crippen MR) is 81.6 cm³/mol. The molecule has 0 fully saturated rings. The Morgan fingerprint density at radius 1 is 1.00 bits per heavy atom.